The number of hydrogen-bond acceptors (Lipinski definition) is 1. The van der Waals surface area contributed by atoms with Crippen molar-refractivity contribution >= 4 is 15.9 Å². The minimum atomic E-state index is -0.619. The average Bonchev–Trinajstić information content (AvgIpc) is 2.51. The van der Waals surface area contributed by atoms with Crippen molar-refractivity contribution in [3.8, 4) is 5.75 Å². The molecule has 2 aromatic rings. The molecule has 1 atom stereocenters. The standard InChI is InChI=1S/C17H17BrF2O/c1-3-11(2)12-4-6-13(7-5-12)21-10-14-16(19)9-8-15(18)17(14)20/h4-9,11H,3,10H2,1-2H3. The summed E-state index contributed by atoms with van der Waals surface area (Å²) in [7, 11) is 0. The first-order chi connectivity index (χ1) is 10.0. The summed E-state index contributed by atoms with van der Waals surface area (Å²) in [4.78, 5) is 0. The van der Waals surface area contributed by atoms with E-state index in [9.17, 15) is 8.78 Å². The van der Waals surface area contributed by atoms with Gasteiger partial charge in [-0.3, -0.25) is 0 Å². The lowest BCUT2D eigenvalue weighted by atomic mass is 9.99. The fraction of sp³-hybridized carbons (Fsp3) is 0.294. The summed E-state index contributed by atoms with van der Waals surface area (Å²) in [5, 5.41) is 0. The second-order valence-corrected chi connectivity index (χ2v) is 5.84. The van der Waals surface area contributed by atoms with E-state index >= 15 is 0 Å². The second-order valence-electron chi connectivity index (χ2n) is 4.99. The quantitative estimate of drug-likeness (QED) is 0.614. The highest BCUT2D eigenvalue weighted by Gasteiger charge is 2.13. The molecule has 2 aromatic carbocycles. The molecule has 0 aliphatic rings. The smallest absolute Gasteiger partial charge is 0.146 e. The molecule has 0 heterocycles. The van der Waals surface area contributed by atoms with Crippen molar-refractivity contribution < 1.29 is 13.5 Å². The molecule has 0 saturated carbocycles. The van der Waals surface area contributed by atoms with Gasteiger partial charge in [0.2, 0.25) is 0 Å². The molecule has 112 valence electrons. The molecule has 4 heteroatoms. The monoisotopic (exact) mass is 354 g/mol. The number of ether oxygens (including phenoxy) is 1. The van der Waals surface area contributed by atoms with Crippen LogP contribution in [0.15, 0.2) is 40.9 Å². The Morgan fingerprint density at radius 3 is 2.38 bits per heavy atom. The van der Waals surface area contributed by atoms with Gasteiger partial charge in [0, 0.05) is 0 Å². The van der Waals surface area contributed by atoms with Crippen molar-refractivity contribution in [3.05, 3.63) is 63.6 Å². The first-order valence-electron chi connectivity index (χ1n) is 6.88. The molecule has 1 nitrogen and oxygen atoms in total. The van der Waals surface area contributed by atoms with E-state index in [-0.39, 0.29) is 16.6 Å². The molecule has 0 radical (unpaired) electrons. The molecule has 0 fully saturated rings. The molecule has 1 unspecified atom stereocenters. The SMILES string of the molecule is CCC(C)c1ccc(OCc2c(F)ccc(Br)c2F)cc1. The van der Waals surface area contributed by atoms with E-state index in [0.717, 1.165) is 6.42 Å². The third kappa shape index (κ3) is 3.82. The number of benzene rings is 2. The third-order valence-electron chi connectivity index (χ3n) is 3.58. The lowest BCUT2D eigenvalue weighted by Gasteiger charge is -2.12. The van der Waals surface area contributed by atoms with Gasteiger partial charge in [0.1, 0.15) is 24.0 Å². The first kappa shape index (κ1) is 16.0. The fourth-order valence-corrected chi connectivity index (χ4v) is 2.36. The van der Waals surface area contributed by atoms with Crippen LogP contribution in [0.25, 0.3) is 0 Å². The van der Waals surface area contributed by atoms with Crippen LogP contribution in [0.5, 0.6) is 5.75 Å². The summed E-state index contributed by atoms with van der Waals surface area (Å²) >= 11 is 3.04. The van der Waals surface area contributed by atoms with Gasteiger partial charge in [-0.2, -0.15) is 0 Å². The van der Waals surface area contributed by atoms with Gasteiger partial charge in [-0.15, -0.1) is 0 Å². The van der Waals surface area contributed by atoms with Gasteiger partial charge in [-0.1, -0.05) is 26.0 Å². The maximum Gasteiger partial charge on any atom is 0.146 e. The molecule has 2 rings (SSSR count). The third-order valence-corrected chi connectivity index (χ3v) is 4.20. The van der Waals surface area contributed by atoms with Gasteiger partial charge in [-0.25, -0.2) is 8.78 Å². The molecule has 21 heavy (non-hydrogen) atoms. The van der Waals surface area contributed by atoms with Crippen LogP contribution in [0.2, 0.25) is 0 Å². The lowest BCUT2D eigenvalue weighted by Crippen LogP contribution is -2.03. The fourth-order valence-electron chi connectivity index (χ4n) is 1.99. The second kappa shape index (κ2) is 7.03. The molecular formula is C17H17BrF2O. The van der Waals surface area contributed by atoms with Crippen LogP contribution in [0.4, 0.5) is 8.78 Å². The van der Waals surface area contributed by atoms with Gasteiger partial charge in [0.05, 0.1) is 10.0 Å². The van der Waals surface area contributed by atoms with E-state index in [1.165, 1.54) is 17.7 Å². The molecule has 0 amide bonds. The van der Waals surface area contributed by atoms with Gasteiger partial charge < -0.3 is 4.74 Å². The molecule has 0 aliphatic heterocycles. The minimum Gasteiger partial charge on any atom is -0.489 e. The van der Waals surface area contributed by atoms with Crippen molar-refractivity contribution in [1.29, 1.82) is 0 Å². The van der Waals surface area contributed by atoms with Crippen LogP contribution >= 0.6 is 15.9 Å². The predicted octanol–water partition coefficient (Wildman–Crippen LogP) is 5.82. The summed E-state index contributed by atoms with van der Waals surface area (Å²) < 4.78 is 33.1. The van der Waals surface area contributed by atoms with Gasteiger partial charge in [0.15, 0.2) is 0 Å². The topological polar surface area (TPSA) is 9.23 Å². The zero-order valence-corrected chi connectivity index (χ0v) is 13.6. The molecule has 0 saturated heterocycles. The Kier molecular flexibility index (Phi) is 5.34. The summed E-state index contributed by atoms with van der Waals surface area (Å²) in [6.45, 7) is 4.15. The maximum atomic E-state index is 13.8. The zero-order valence-electron chi connectivity index (χ0n) is 12.0. The Labute approximate surface area is 132 Å². The van der Waals surface area contributed by atoms with Crippen LogP contribution in [0, 0.1) is 11.6 Å². The van der Waals surface area contributed by atoms with Gasteiger partial charge in [-0.05, 0) is 58.1 Å². The van der Waals surface area contributed by atoms with Crippen molar-refractivity contribution in [3.63, 3.8) is 0 Å². The van der Waals surface area contributed by atoms with E-state index in [4.69, 9.17) is 4.74 Å². The Balaban J connectivity index is 2.08. The highest BCUT2D eigenvalue weighted by molar-refractivity contribution is 9.10. The van der Waals surface area contributed by atoms with Crippen LogP contribution < -0.4 is 4.74 Å². The van der Waals surface area contributed by atoms with Gasteiger partial charge >= 0.3 is 0 Å². The van der Waals surface area contributed by atoms with Crippen LogP contribution in [-0.4, -0.2) is 0 Å². The molecular weight excluding hydrogens is 338 g/mol. The summed E-state index contributed by atoms with van der Waals surface area (Å²) in [6.07, 6.45) is 1.06. The predicted molar refractivity (Wildman–Crippen MR) is 83.5 cm³/mol. The van der Waals surface area contributed by atoms with E-state index in [0.29, 0.717) is 11.7 Å². The minimum absolute atomic E-state index is 0.0737. The highest BCUT2D eigenvalue weighted by Crippen LogP contribution is 2.25. The number of hydrogen-bond donors (Lipinski definition) is 0. The Bertz CT molecular complexity index is 611. The first-order valence-corrected chi connectivity index (χ1v) is 7.67. The largest absolute Gasteiger partial charge is 0.489 e. The summed E-state index contributed by atoms with van der Waals surface area (Å²) in [6, 6.07) is 10.2. The van der Waals surface area contributed by atoms with Crippen molar-refractivity contribution in [1.82, 2.24) is 0 Å². The van der Waals surface area contributed by atoms with Crippen molar-refractivity contribution in [2.75, 3.05) is 0 Å². The molecule has 0 N–H and O–H groups in total. The summed E-state index contributed by atoms with van der Waals surface area (Å²) in [5.74, 6) is -0.141. The van der Waals surface area contributed by atoms with Crippen molar-refractivity contribution in [2.24, 2.45) is 0 Å². The normalized spacial score (nSPS) is 12.2. The maximum absolute atomic E-state index is 13.8. The molecule has 0 spiro atoms. The molecule has 0 bridgehead atoms. The molecule has 0 aromatic heterocycles. The number of halogens is 3. The molecule has 0 aliphatic carbocycles. The van der Waals surface area contributed by atoms with E-state index in [1.54, 1.807) is 0 Å². The Morgan fingerprint density at radius 2 is 1.76 bits per heavy atom. The van der Waals surface area contributed by atoms with E-state index in [1.807, 2.05) is 24.3 Å². The zero-order chi connectivity index (χ0) is 15.4. The van der Waals surface area contributed by atoms with Crippen LogP contribution in [-0.2, 0) is 6.61 Å². The average molecular weight is 355 g/mol. The lowest BCUT2D eigenvalue weighted by molar-refractivity contribution is 0.292. The number of rotatable bonds is 5. The van der Waals surface area contributed by atoms with E-state index in [2.05, 4.69) is 29.8 Å². The van der Waals surface area contributed by atoms with E-state index < -0.39 is 11.6 Å². The summed E-state index contributed by atoms with van der Waals surface area (Å²) in [5.41, 5.74) is 1.15. The Hall–Kier alpha value is -1.42. The van der Waals surface area contributed by atoms with Crippen LogP contribution in [0.1, 0.15) is 37.3 Å². The van der Waals surface area contributed by atoms with Crippen LogP contribution in [0.3, 0.4) is 0 Å². The van der Waals surface area contributed by atoms with Crippen molar-refractivity contribution in [2.45, 2.75) is 32.8 Å². The Morgan fingerprint density at radius 1 is 1.10 bits per heavy atom. The highest BCUT2D eigenvalue weighted by atomic mass is 79.9. The van der Waals surface area contributed by atoms with Gasteiger partial charge in [0.25, 0.3) is 0 Å².